The highest BCUT2D eigenvalue weighted by atomic mass is 14.3. The molecule has 1 aliphatic rings. The van der Waals surface area contributed by atoms with Crippen LogP contribution >= 0.6 is 0 Å². The zero-order valence-corrected chi connectivity index (χ0v) is 19.4. The molecule has 0 aromatic heterocycles. The molecule has 0 N–H and O–H groups in total. The van der Waals surface area contributed by atoms with Gasteiger partial charge < -0.3 is 0 Å². The molecule has 1 unspecified atom stereocenters. The molecule has 1 atom stereocenters. The maximum Gasteiger partial charge on any atom is -0.0412 e. The van der Waals surface area contributed by atoms with E-state index in [2.05, 4.69) is 62.3 Å². The van der Waals surface area contributed by atoms with Gasteiger partial charge in [0.2, 0.25) is 0 Å². The third kappa shape index (κ3) is 34.4. The maximum absolute atomic E-state index is 2.34. The van der Waals surface area contributed by atoms with Crippen molar-refractivity contribution >= 4 is 0 Å². The van der Waals surface area contributed by atoms with Crippen LogP contribution in [0, 0.1) is 29.6 Å². The molecule has 1 fully saturated rings. The Morgan fingerprint density at radius 1 is 0.783 bits per heavy atom. The molecule has 146 valence electrons. The lowest BCUT2D eigenvalue weighted by Gasteiger charge is -2.31. The van der Waals surface area contributed by atoms with Crippen LogP contribution in [0.15, 0.2) is 0 Å². The Hall–Kier alpha value is 0. The summed E-state index contributed by atoms with van der Waals surface area (Å²) in [5.41, 5.74) is 0. The molecular weight excluding hydrogens is 276 g/mol. The predicted octanol–water partition coefficient (Wildman–Crippen LogP) is 9.24. The van der Waals surface area contributed by atoms with E-state index in [9.17, 15) is 0 Å². The van der Waals surface area contributed by atoms with E-state index in [1.807, 2.05) is 27.7 Å². The molecule has 0 spiro atoms. The van der Waals surface area contributed by atoms with E-state index in [4.69, 9.17) is 0 Å². The summed E-state index contributed by atoms with van der Waals surface area (Å²) in [4.78, 5) is 0. The van der Waals surface area contributed by atoms with Gasteiger partial charge in [-0.05, 0) is 48.9 Å². The lowest BCUT2D eigenvalue weighted by atomic mass is 9.75. The fourth-order valence-electron chi connectivity index (χ4n) is 2.37. The number of hydrogen-bond acceptors (Lipinski definition) is 0. The van der Waals surface area contributed by atoms with Crippen molar-refractivity contribution < 1.29 is 0 Å². The van der Waals surface area contributed by atoms with Gasteiger partial charge in [0.1, 0.15) is 0 Å². The second-order valence-corrected chi connectivity index (χ2v) is 7.73. The standard InChI is InChI=1S/C8H18.C7H14.C4H10.2C2H6/c1-5-8(4)6-7(2)3;1-3-7-4-6(2)5-7;1-4(2)3;2*1-2/h7-8H,5-6H2,1-4H3;6-7H,3-5H2,1-2H3;4H,1-3H3;2*1-2H3. The van der Waals surface area contributed by atoms with E-state index in [-0.39, 0.29) is 0 Å². The Morgan fingerprint density at radius 2 is 1.13 bits per heavy atom. The lowest BCUT2D eigenvalue weighted by molar-refractivity contribution is 0.206. The first kappa shape index (κ1) is 30.8. The molecule has 1 saturated carbocycles. The minimum Gasteiger partial charge on any atom is -0.0683 e. The van der Waals surface area contributed by atoms with Crippen LogP contribution in [-0.4, -0.2) is 0 Å². The first-order valence-corrected chi connectivity index (χ1v) is 10.7. The number of hydrogen-bond donors (Lipinski definition) is 0. The number of rotatable bonds is 4. The second-order valence-electron chi connectivity index (χ2n) is 7.73. The Kier molecular flexibility index (Phi) is 32.5. The van der Waals surface area contributed by atoms with Gasteiger partial charge in [0.15, 0.2) is 0 Å². The third-order valence-corrected chi connectivity index (χ3v) is 3.62. The third-order valence-electron chi connectivity index (χ3n) is 3.62. The van der Waals surface area contributed by atoms with Gasteiger partial charge >= 0.3 is 0 Å². The Bertz CT molecular complexity index is 160. The van der Waals surface area contributed by atoms with E-state index in [0.29, 0.717) is 0 Å². The minimum atomic E-state index is 0.833. The van der Waals surface area contributed by atoms with Crippen molar-refractivity contribution in [3.8, 4) is 0 Å². The summed E-state index contributed by atoms with van der Waals surface area (Å²) in [6.07, 6.45) is 7.12. The molecule has 1 rings (SSSR count). The molecule has 0 saturated heterocycles. The summed E-state index contributed by atoms with van der Waals surface area (Å²) < 4.78 is 0. The highest BCUT2D eigenvalue weighted by Crippen LogP contribution is 2.34. The van der Waals surface area contributed by atoms with Crippen LogP contribution in [0.5, 0.6) is 0 Å². The highest BCUT2D eigenvalue weighted by molar-refractivity contribution is 4.74. The first-order chi connectivity index (χ1) is 10.7. The van der Waals surface area contributed by atoms with Crippen molar-refractivity contribution in [2.75, 3.05) is 0 Å². The Labute approximate surface area is 152 Å². The molecule has 23 heavy (non-hydrogen) atoms. The molecular formula is C23H54. The van der Waals surface area contributed by atoms with Crippen molar-refractivity contribution in [3.63, 3.8) is 0 Å². The molecule has 0 amide bonds. The van der Waals surface area contributed by atoms with Gasteiger partial charge in [-0.1, -0.05) is 103 Å². The Balaban J connectivity index is -0.000000110. The van der Waals surface area contributed by atoms with Crippen LogP contribution in [0.1, 0.15) is 122 Å². The molecule has 0 heteroatoms. The molecule has 0 heterocycles. The van der Waals surface area contributed by atoms with Crippen LogP contribution in [0.25, 0.3) is 0 Å². The van der Waals surface area contributed by atoms with Gasteiger partial charge in [0.25, 0.3) is 0 Å². The molecule has 0 aromatic carbocycles. The summed E-state index contributed by atoms with van der Waals surface area (Å²) in [5.74, 6) is 4.78. The Morgan fingerprint density at radius 3 is 1.22 bits per heavy atom. The summed E-state index contributed by atoms with van der Waals surface area (Å²) in [5, 5.41) is 0. The monoisotopic (exact) mass is 330 g/mol. The van der Waals surface area contributed by atoms with Crippen LogP contribution in [0.3, 0.4) is 0 Å². The van der Waals surface area contributed by atoms with Crippen molar-refractivity contribution in [2.24, 2.45) is 29.6 Å². The van der Waals surface area contributed by atoms with Crippen LogP contribution in [-0.2, 0) is 0 Å². The zero-order valence-electron chi connectivity index (χ0n) is 19.4. The molecule has 1 aliphatic carbocycles. The summed E-state index contributed by atoms with van der Waals surface area (Å²) >= 11 is 0. The maximum atomic E-state index is 2.34. The van der Waals surface area contributed by atoms with Crippen molar-refractivity contribution in [2.45, 2.75) is 122 Å². The molecule has 0 nitrogen and oxygen atoms in total. The fraction of sp³-hybridized carbons (Fsp3) is 1.00. The van der Waals surface area contributed by atoms with E-state index < -0.39 is 0 Å². The van der Waals surface area contributed by atoms with Crippen LogP contribution in [0.2, 0.25) is 0 Å². The lowest BCUT2D eigenvalue weighted by Crippen LogP contribution is -2.19. The zero-order chi connectivity index (χ0) is 19.4. The van der Waals surface area contributed by atoms with Gasteiger partial charge in [-0.15, -0.1) is 0 Å². The molecule has 0 bridgehead atoms. The summed E-state index contributed by atoms with van der Waals surface area (Å²) in [7, 11) is 0. The van der Waals surface area contributed by atoms with E-state index in [1.54, 1.807) is 0 Å². The molecule has 0 aromatic rings. The first-order valence-electron chi connectivity index (χ1n) is 10.7. The van der Waals surface area contributed by atoms with Gasteiger partial charge in [-0.25, -0.2) is 0 Å². The summed E-state index contributed by atoms with van der Waals surface area (Å²) in [6.45, 7) is 28.3. The van der Waals surface area contributed by atoms with Gasteiger partial charge in [0, 0.05) is 0 Å². The van der Waals surface area contributed by atoms with Gasteiger partial charge in [-0.2, -0.15) is 0 Å². The van der Waals surface area contributed by atoms with E-state index >= 15 is 0 Å². The van der Waals surface area contributed by atoms with Crippen LogP contribution in [0.4, 0.5) is 0 Å². The predicted molar refractivity (Wildman–Crippen MR) is 114 cm³/mol. The van der Waals surface area contributed by atoms with Crippen LogP contribution < -0.4 is 0 Å². The average Bonchev–Trinajstić information content (AvgIpc) is 2.47. The van der Waals surface area contributed by atoms with E-state index in [1.165, 1.54) is 32.1 Å². The van der Waals surface area contributed by atoms with E-state index in [0.717, 1.165) is 29.6 Å². The van der Waals surface area contributed by atoms with Gasteiger partial charge in [-0.3, -0.25) is 0 Å². The second kappa shape index (κ2) is 24.3. The molecule has 0 aliphatic heterocycles. The highest BCUT2D eigenvalue weighted by Gasteiger charge is 2.22. The van der Waals surface area contributed by atoms with Crippen molar-refractivity contribution in [1.82, 2.24) is 0 Å². The minimum absolute atomic E-state index is 0.833. The SMILES string of the molecule is CC.CC.CC(C)C.CCC(C)CC(C)C.CCC1CC(C)C1. The quantitative estimate of drug-likeness (QED) is 0.481. The largest absolute Gasteiger partial charge is 0.0683 e. The smallest absolute Gasteiger partial charge is 0.0412 e. The fourth-order valence-corrected chi connectivity index (χ4v) is 2.37. The summed E-state index contributed by atoms with van der Waals surface area (Å²) in [6, 6.07) is 0. The molecule has 0 radical (unpaired) electrons. The average molecular weight is 331 g/mol. The normalized spacial score (nSPS) is 19.4. The van der Waals surface area contributed by atoms with Crippen molar-refractivity contribution in [3.05, 3.63) is 0 Å². The van der Waals surface area contributed by atoms with Gasteiger partial charge in [0.05, 0.1) is 0 Å². The topological polar surface area (TPSA) is 0 Å². The van der Waals surface area contributed by atoms with Crippen molar-refractivity contribution in [1.29, 1.82) is 0 Å².